The summed E-state index contributed by atoms with van der Waals surface area (Å²) in [7, 11) is -3.97. The molecule has 2 atom stereocenters. The summed E-state index contributed by atoms with van der Waals surface area (Å²) >= 11 is 0. The maximum Gasteiger partial charge on any atom is 0.408 e. The number of amides is 2. The highest BCUT2D eigenvalue weighted by atomic mass is 32.2. The Kier molecular flexibility index (Phi) is 10.3. The molecule has 0 saturated carbocycles. The largest absolute Gasteiger partial charge is 0.459 e. The lowest BCUT2D eigenvalue weighted by Crippen LogP contribution is -2.54. The Balaban J connectivity index is 2.63. The summed E-state index contributed by atoms with van der Waals surface area (Å²) in [6.45, 7) is 5.06. The van der Waals surface area contributed by atoms with Gasteiger partial charge in [0.15, 0.2) is 6.61 Å². The third-order valence-corrected chi connectivity index (χ3v) is 4.31. The molecular weight excluding hydrogens is 478 g/mol. The highest BCUT2D eigenvalue weighted by Crippen LogP contribution is 2.13. The number of non-ortho nitro benzene ring substituents is 1. The van der Waals surface area contributed by atoms with Crippen LogP contribution < -0.4 is 10.8 Å². The molecule has 0 aliphatic carbocycles. The number of rotatable bonds is 11. The molecule has 0 heterocycles. The standard InChI is InChI=1S/C19H27N3O11S/c1-12(33-34(5,28)29)16(20-18(25)32-19(2,3)4)17(24)21-31-11-15(23)30-10-13-6-8-14(9-7-13)22(26)27/h6-9,12,16H,10-11H2,1-5H3,(H,20,25)(H,21,24)/t12-,16-/m0/s1. The predicted molar refractivity (Wildman–Crippen MR) is 116 cm³/mol. The lowest BCUT2D eigenvalue weighted by atomic mass is 10.2. The zero-order chi connectivity index (χ0) is 26.1. The highest BCUT2D eigenvalue weighted by molar-refractivity contribution is 7.86. The highest BCUT2D eigenvalue weighted by Gasteiger charge is 2.32. The van der Waals surface area contributed by atoms with Gasteiger partial charge in [0.1, 0.15) is 24.4 Å². The van der Waals surface area contributed by atoms with E-state index in [1.807, 2.05) is 5.48 Å². The lowest BCUT2D eigenvalue weighted by Gasteiger charge is -2.25. The number of carbonyl (C=O) groups is 3. The summed E-state index contributed by atoms with van der Waals surface area (Å²) in [6, 6.07) is 3.75. The van der Waals surface area contributed by atoms with Crippen molar-refractivity contribution in [2.45, 2.75) is 52.0 Å². The number of hydroxylamine groups is 1. The Morgan fingerprint density at radius 3 is 2.24 bits per heavy atom. The monoisotopic (exact) mass is 505 g/mol. The van der Waals surface area contributed by atoms with Crippen LogP contribution >= 0.6 is 0 Å². The summed E-state index contributed by atoms with van der Waals surface area (Å²) in [4.78, 5) is 51.1. The van der Waals surface area contributed by atoms with Gasteiger partial charge in [-0.1, -0.05) is 0 Å². The minimum atomic E-state index is -3.97. The Labute approximate surface area is 196 Å². The molecule has 15 heteroatoms. The Hall–Kier alpha value is -3.30. The summed E-state index contributed by atoms with van der Waals surface area (Å²) in [6.07, 6.45) is -1.59. The van der Waals surface area contributed by atoms with Crippen LogP contribution in [0.5, 0.6) is 0 Å². The zero-order valence-electron chi connectivity index (χ0n) is 19.2. The van der Waals surface area contributed by atoms with Gasteiger partial charge in [-0.3, -0.25) is 23.9 Å². The molecule has 1 aromatic carbocycles. The Bertz CT molecular complexity index is 988. The second-order valence-corrected chi connectivity index (χ2v) is 9.57. The molecule has 14 nitrogen and oxygen atoms in total. The number of hydrogen-bond donors (Lipinski definition) is 2. The van der Waals surface area contributed by atoms with E-state index in [-0.39, 0.29) is 12.3 Å². The predicted octanol–water partition coefficient (Wildman–Crippen LogP) is 0.944. The first-order chi connectivity index (χ1) is 15.6. The van der Waals surface area contributed by atoms with E-state index < -0.39 is 57.4 Å². The first kappa shape index (κ1) is 28.7. The maximum absolute atomic E-state index is 12.4. The van der Waals surface area contributed by atoms with Crippen molar-refractivity contribution in [3.8, 4) is 0 Å². The fraction of sp³-hybridized carbons (Fsp3) is 0.526. The van der Waals surface area contributed by atoms with Gasteiger partial charge >= 0.3 is 12.1 Å². The van der Waals surface area contributed by atoms with Gasteiger partial charge in [0.2, 0.25) is 0 Å². The van der Waals surface area contributed by atoms with Crippen molar-refractivity contribution in [3.05, 3.63) is 39.9 Å². The molecule has 0 aliphatic heterocycles. The fourth-order valence-electron chi connectivity index (χ4n) is 2.31. The van der Waals surface area contributed by atoms with Crippen molar-refractivity contribution in [2.24, 2.45) is 0 Å². The van der Waals surface area contributed by atoms with Crippen LogP contribution in [0.2, 0.25) is 0 Å². The van der Waals surface area contributed by atoms with Gasteiger partial charge in [-0.25, -0.2) is 15.1 Å². The van der Waals surface area contributed by atoms with E-state index in [2.05, 4.69) is 5.32 Å². The van der Waals surface area contributed by atoms with Crippen molar-refractivity contribution in [3.63, 3.8) is 0 Å². The molecule has 0 saturated heterocycles. The molecule has 34 heavy (non-hydrogen) atoms. The van der Waals surface area contributed by atoms with E-state index in [0.29, 0.717) is 5.56 Å². The average molecular weight is 506 g/mol. The number of hydrogen-bond acceptors (Lipinski definition) is 11. The number of ether oxygens (including phenoxy) is 2. The Morgan fingerprint density at radius 1 is 1.15 bits per heavy atom. The van der Waals surface area contributed by atoms with Crippen LogP contribution in [0.25, 0.3) is 0 Å². The first-order valence-corrected chi connectivity index (χ1v) is 11.6. The molecule has 1 rings (SSSR count). The van der Waals surface area contributed by atoms with Crippen LogP contribution in [0.4, 0.5) is 10.5 Å². The van der Waals surface area contributed by atoms with E-state index in [4.69, 9.17) is 18.5 Å². The Morgan fingerprint density at radius 2 is 1.74 bits per heavy atom. The van der Waals surface area contributed by atoms with Gasteiger partial charge in [0, 0.05) is 12.1 Å². The van der Waals surface area contributed by atoms with Gasteiger partial charge in [0.05, 0.1) is 11.2 Å². The molecule has 0 aliphatic rings. The number of nitro groups is 1. The van der Waals surface area contributed by atoms with E-state index in [1.165, 1.54) is 31.2 Å². The number of benzene rings is 1. The van der Waals surface area contributed by atoms with Crippen LogP contribution in [0.15, 0.2) is 24.3 Å². The van der Waals surface area contributed by atoms with Gasteiger partial charge in [0.25, 0.3) is 21.7 Å². The second-order valence-electron chi connectivity index (χ2n) is 7.97. The third-order valence-electron chi connectivity index (χ3n) is 3.66. The van der Waals surface area contributed by atoms with Gasteiger partial charge in [-0.05, 0) is 45.4 Å². The van der Waals surface area contributed by atoms with Gasteiger partial charge in [-0.2, -0.15) is 8.42 Å². The molecule has 2 N–H and O–H groups in total. The molecule has 0 fully saturated rings. The van der Waals surface area contributed by atoms with Gasteiger partial charge in [-0.15, -0.1) is 0 Å². The van der Waals surface area contributed by atoms with Gasteiger partial charge < -0.3 is 14.8 Å². The number of carbonyl (C=O) groups excluding carboxylic acids is 3. The fourth-order valence-corrected chi connectivity index (χ4v) is 2.97. The smallest absolute Gasteiger partial charge is 0.408 e. The number of nitrogens with one attached hydrogen (secondary N) is 2. The van der Waals surface area contributed by atoms with Crippen LogP contribution in [0.3, 0.4) is 0 Å². The van der Waals surface area contributed by atoms with E-state index >= 15 is 0 Å². The maximum atomic E-state index is 12.4. The van der Waals surface area contributed by atoms with Crippen molar-refractivity contribution >= 4 is 33.8 Å². The molecule has 0 unspecified atom stereocenters. The molecule has 190 valence electrons. The van der Waals surface area contributed by atoms with Crippen molar-refractivity contribution in [1.29, 1.82) is 0 Å². The van der Waals surface area contributed by atoms with Crippen LogP contribution in [-0.2, 0) is 44.8 Å². The molecule has 1 aromatic rings. The lowest BCUT2D eigenvalue weighted by molar-refractivity contribution is -0.384. The summed E-state index contributed by atoms with van der Waals surface area (Å²) in [5.74, 6) is -1.90. The van der Waals surface area contributed by atoms with Crippen LogP contribution in [0.1, 0.15) is 33.3 Å². The average Bonchev–Trinajstić information content (AvgIpc) is 2.68. The summed E-state index contributed by atoms with van der Waals surface area (Å²) in [5, 5.41) is 12.8. The molecular formula is C19H27N3O11S. The molecule has 0 radical (unpaired) electrons. The van der Waals surface area contributed by atoms with Crippen LogP contribution in [0, 0.1) is 10.1 Å². The minimum Gasteiger partial charge on any atom is -0.459 e. The second kappa shape index (κ2) is 12.2. The van der Waals surface area contributed by atoms with E-state index in [9.17, 15) is 32.9 Å². The number of nitro benzene ring substituents is 1. The van der Waals surface area contributed by atoms with Crippen molar-refractivity contribution < 1.29 is 46.2 Å². The number of esters is 1. The zero-order valence-corrected chi connectivity index (χ0v) is 20.0. The SMILES string of the molecule is C[C@H](OS(C)(=O)=O)[C@H](NC(=O)OC(C)(C)C)C(=O)NOCC(=O)OCc1ccc([N+](=O)[O-])cc1. The summed E-state index contributed by atoms with van der Waals surface area (Å²) < 4.78 is 37.5. The third kappa shape index (κ3) is 11.5. The topological polar surface area (TPSA) is 189 Å². The normalized spacial score (nSPS) is 13.3. The summed E-state index contributed by atoms with van der Waals surface area (Å²) in [5.41, 5.74) is 1.38. The first-order valence-electron chi connectivity index (χ1n) is 9.76. The molecule has 0 aromatic heterocycles. The minimum absolute atomic E-state index is 0.121. The number of alkyl carbamates (subject to hydrolysis) is 1. The van der Waals surface area contributed by atoms with E-state index in [0.717, 1.165) is 6.26 Å². The molecule has 2 amide bonds. The number of nitrogens with zero attached hydrogens (tertiary/aromatic N) is 1. The van der Waals surface area contributed by atoms with Crippen molar-refractivity contribution in [1.82, 2.24) is 10.8 Å². The van der Waals surface area contributed by atoms with E-state index in [1.54, 1.807) is 20.8 Å². The quantitative estimate of drug-likeness (QED) is 0.188. The van der Waals surface area contributed by atoms with Crippen LogP contribution in [-0.4, -0.2) is 61.9 Å². The molecule has 0 bridgehead atoms. The van der Waals surface area contributed by atoms with Crippen molar-refractivity contribution in [2.75, 3.05) is 12.9 Å². The molecule has 0 spiro atoms.